The van der Waals surface area contributed by atoms with Crippen LogP contribution >= 0.6 is 23.4 Å². The van der Waals surface area contributed by atoms with E-state index in [1.54, 1.807) is 6.07 Å². The fourth-order valence-electron chi connectivity index (χ4n) is 2.28. The minimum absolute atomic E-state index is 0.123. The van der Waals surface area contributed by atoms with Crippen molar-refractivity contribution in [3.05, 3.63) is 11.2 Å². The number of aromatic nitrogens is 2. The maximum Gasteiger partial charge on any atom is 0.222 e. The molecule has 7 heteroatoms. The molecule has 0 bridgehead atoms. The lowest BCUT2D eigenvalue weighted by Gasteiger charge is -2.37. The molecule has 2 rings (SSSR count). The maximum atomic E-state index is 11.4. The number of halogens is 1. The lowest BCUT2D eigenvalue weighted by Crippen LogP contribution is -2.46. The van der Waals surface area contributed by atoms with Gasteiger partial charge in [0.15, 0.2) is 5.16 Å². The number of rotatable bonds is 3. The molecule has 2 unspecified atom stereocenters. The number of piperidine rings is 1. The summed E-state index contributed by atoms with van der Waals surface area (Å²) in [4.78, 5) is 22.0. The van der Waals surface area contributed by atoms with Crippen molar-refractivity contribution in [3.8, 4) is 0 Å². The van der Waals surface area contributed by atoms with Crippen molar-refractivity contribution in [2.75, 3.05) is 17.7 Å². The molecule has 104 valence electrons. The standard InChI is InChI=1S/C12H17ClN4OS/c1-7-3-4-8(11(14)18)6-17(7)10-5-9(13)15-12(16-10)19-2/h5,7-8H,3-4,6H2,1-2H3,(H2,14,18). The topological polar surface area (TPSA) is 72.1 Å². The Labute approximate surface area is 121 Å². The molecule has 1 fully saturated rings. The average Bonchev–Trinajstić information content (AvgIpc) is 2.38. The summed E-state index contributed by atoms with van der Waals surface area (Å²) in [7, 11) is 0. The van der Waals surface area contributed by atoms with E-state index in [9.17, 15) is 4.79 Å². The van der Waals surface area contributed by atoms with E-state index < -0.39 is 0 Å². The molecule has 0 radical (unpaired) electrons. The molecular weight excluding hydrogens is 284 g/mol. The third-order valence-corrected chi connectivity index (χ3v) is 4.16. The van der Waals surface area contributed by atoms with Gasteiger partial charge in [0.25, 0.3) is 0 Å². The van der Waals surface area contributed by atoms with Crippen molar-refractivity contribution in [1.82, 2.24) is 9.97 Å². The lowest BCUT2D eigenvalue weighted by atomic mass is 9.93. The predicted molar refractivity (Wildman–Crippen MR) is 77.5 cm³/mol. The highest BCUT2D eigenvalue weighted by atomic mass is 35.5. The fraction of sp³-hybridized carbons (Fsp3) is 0.583. The monoisotopic (exact) mass is 300 g/mol. The molecule has 2 heterocycles. The van der Waals surface area contributed by atoms with E-state index in [1.807, 2.05) is 6.26 Å². The van der Waals surface area contributed by atoms with Gasteiger partial charge in [-0.2, -0.15) is 0 Å². The molecule has 1 amide bonds. The molecular formula is C12H17ClN4OS. The van der Waals surface area contributed by atoms with Gasteiger partial charge in [0.2, 0.25) is 5.91 Å². The van der Waals surface area contributed by atoms with Crippen LogP contribution in [0.4, 0.5) is 5.82 Å². The second-order valence-corrected chi connectivity index (χ2v) is 5.87. The highest BCUT2D eigenvalue weighted by Gasteiger charge is 2.29. The van der Waals surface area contributed by atoms with Gasteiger partial charge in [-0.15, -0.1) is 0 Å². The van der Waals surface area contributed by atoms with Crippen molar-refractivity contribution in [1.29, 1.82) is 0 Å². The summed E-state index contributed by atoms with van der Waals surface area (Å²) < 4.78 is 0. The molecule has 19 heavy (non-hydrogen) atoms. The Morgan fingerprint density at radius 1 is 1.53 bits per heavy atom. The summed E-state index contributed by atoms with van der Waals surface area (Å²) >= 11 is 7.46. The summed E-state index contributed by atoms with van der Waals surface area (Å²) in [6, 6.07) is 2.05. The zero-order valence-electron chi connectivity index (χ0n) is 11.0. The summed E-state index contributed by atoms with van der Waals surface area (Å²) in [5.74, 6) is 0.396. The zero-order chi connectivity index (χ0) is 14.0. The Hall–Kier alpha value is -1.01. The van der Waals surface area contributed by atoms with Crippen LogP contribution in [0.3, 0.4) is 0 Å². The summed E-state index contributed by atoms with van der Waals surface area (Å²) in [6.07, 6.45) is 3.66. The van der Waals surface area contributed by atoms with Crippen LogP contribution in [0.5, 0.6) is 0 Å². The van der Waals surface area contributed by atoms with Crippen LogP contribution in [0.15, 0.2) is 11.2 Å². The molecule has 5 nitrogen and oxygen atoms in total. The zero-order valence-corrected chi connectivity index (χ0v) is 12.5. The van der Waals surface area contributed by atoms with Gasteiger partial charge >= 0.3 is 0 Å². The second kappa shape index (κ2) is 5.96. The first-order chi connectivity index (χ1) is 9.01. The van der Waals surface area contributed by atoms with Gasteiger partial charge in [0, 0.05) is 18.7 Å². The SMILES string of the molecule is CSc1nc(Cl)cc(N2CC(C(N)=O)CCC2C)n1. The number of hydrogen-bond acceptors (Lipinski definition) is 5. The third-order valence-electron chi connectivity index (χ3n) is 3.42. The van der Waals surface area contributed by atoms with Gasteiger partial charge in [0.05, 0.1) is 5.92 Å². The number of nitrogens with two attached hydrogens (primary N) is 1. The van der Waals surface area contributed by atoms with E-state index in [-0.39, 0.29) is 11.8 Å². The minimum atomic E-state index is -0.248. The lowest BCUT2D eigenvalue weighted by molar-refractivity contribution is -0.122. The van der Waals surface area contributed by atoms with Gasteiger partial charge in [-0.25, -0.2) is 9.97 Å². The minimum Gasteiger partial charge on any atom is -0.369 e. The Morgan fingerprint density at radius 2 is 2.26 bits per heavy atom. The van der Waals surface area contributed by atoms with Crippen LogP contribution < -0.4 is 10.6 Å². The van der Waals surface area contributed by atoms with Gasteiger partial charge < -0.3 is 10.6 Å². The number of amides is 1. The first-order valence-corrected chi connectivity index (χ1v) is 7.76. The molecule has 0 aliphatic carbocycles. The molecule has 0 aromatic carbocycles. The number of primary amides is 1. The Balaban J connectivity index is 2.27. The Kier molecular flexibility index (Phi) is 4.52. The normalized spacial score (nSPS) is 23.4. The first-order valence-electron chi connectivity index (χ1n) is 6.15. The van der Waals surface area contributed by atoms with Gasteiger partial charge in [0.1, 0.15) is 11.0 Å². The second-order valence-electron chi connectivity index (χ2n) is 4.71. The molecule has 1 aliphatic rings. The number of nitrogens with zero attached hydrogens (tertiary/aromatic N) is 3. The van der Waals surface area contributed by atoms with Crippen LogP contribution in [0.1, 0.15) is 19.8 Å². The predicted octanol–water partition coefficient (Wildman–Crippen LogP) is 1.94. The molecule has 1 saturated heterocycles. The van der Waals surface area contributed by atoms with E-state index in [0.29, 0.717) is 22.9 Å². The molecule has 1 aromatic rings. The Morgan fingerprint density at radius 3 is 2.89 bits per heavy atom. The fourth-order valence-corrected chi connectivity index (χ4v) is 2.88. The summed E-state index contributed by atoms with van der Waals surface area (Å²) in [6.45, 7) is 2.71. The highest BCUT2D eigenvalue weighted by Crippen LogP contribution is 2.28. The number of carbonyl (C=O) groups is 1. The quantitative estimate of drug-likeness (QED) is 0.525. The van der Waals surface area contributed by atoms with Crippen LogP contribution in [0.25, 0.3) is 0 Å². The maximum absolute atomic E-state index is 11.4. The molecule has 1 aromatic heterocycles. The largest absolute Gasteiger partial charge is 0.369 e. The molecule has 2 atom stereocenters. The molecule has 0 spiro atoms. The van der Waals surface area contributed by atoms with Gasteiger partial charge in [-0.3, -0.25) is 4.79 Å². The van der Waals surface area contributed by atoms with E-state index in [0.717, 1.165) is 18.7 Å². The summed E-state index contributed by atoms with van der Waals surface area (Å²) in [5.41, 5.74) is 5.41. The average molecular weight is 301 g/mol. The molecule has 1 aliphatic heterocycles. The molecule has 0 saturated carbocycles. The third kappa shape index (κ3) is 3.30. The van der Waals surface area contributed by atoms with Crippen LogP contribution in [-0.2, 0) is 4.79 Å². The number of anilines is 1. The van der Waals surface area contributed by atoms with Crippen molar-refractivity contribution < 1.29 is 4.79 Å². The van der Waals surface area contributed by atoms with E-state index >= 15 is 0 Å². The van der Waals surface area contributed by atoms with Crippen LogP contribution in [0, 0.1) is 5.92 Å². The van der Waals surface area contributed by atoms with Crippen molar-refractivity contribution in [2.24, 2.45) is 11.7 Å². The Bertz CT molecular complexity index is 485. The number of hydrogen-bond donors (Lipinski definition) is 1. The molecule has 2 N–H and O–H groups in total. The van der Waals surface area contributed by atoms with Crippen LogP contribution in [0.2, 0.25) is 5.15 Å². The van der Waals surface area contributed by atoms with Gasteiger partial charge in [-0.1, -0.05) is 23.4 Å². The highest BCUT2D eigenvalue weighted by molar-refractivity contribution is 7.98. The van der Waals surface area contributed by atoms with E-state index in [4.69, 9.17) is 17.3 Å². The summed E-state index contributed by atoms with van der Waals surface area (Å²) in [5, 5.41) is 1.05. The smallest absolute Gasteiger partial charge is 0.222 e. The van der Waals surface area contributed by atoms with E-state index in [1.165, 1.54) is 11.8 Å². The van der Waals surface area contributed by atoms with Crippen molar-refractivity contribution >= 4 is 35.1 Å². The number of carbonyl (C=O) groups excluding carboxylic acids is 1. The van der Waals surface area contributed by atoms with Crippen LogP contribution in [-0.4, -0.2) is 34.7 Å². The van der Waals surface area contributed by atoms with Crippen molar-refractivity contribution in [2.45, 2.75) is 31.0 Å². The number of thioether (sulfide) groups is 1. The van der Waals surface area contributed by atoms with Crippen molar-refractivity contribution in [3.63, 3.8) is 0 Å². The first kappa shape index (κ1) is 14.4. The van der Waals surface area contributed by atoms with Gasteiger partial charge in [-0.05, 0) is 26.0 Å². The van der Waals surface area contributed by atoms with E-state index in [2.05, 4.69) is 21.8 Å².